The number of nitrogens with zero attached hydrogens (tertiary/aromatic N) is 2. The third-order valence-corrected chi connectivity index (χ3v) is 4.06. The lowest BCUT2D eigenvalue weighted by Gasteiger charge is -2.11. The van der Waals surface area contributed by atoms with Crippen LogP contribution in [0.3, 0.4) is 0 Å². The van der Waals surface area contributed by atoms with Crippen LogP contribution >= 0.6 is 11.8 Å². The van der Waals surface area contributed by atoms with Gasteiger partial charge in [-0.2, -0.15) is 0 Å². The van der Waals surface area contributed by atoms with Crippen LogP contribution in [0.1, 0.15) is 42.7 Å². The molecule has 1 heterocycles. The van der Waals surface area contributed by atoms with E-state index in [4.69, 9.17) is 0 Å². The summed E-state index contributed by atoms with van der Waals surface area (Å²) in [5, 5.41) is 6.81. The molecule has 0 amide bonds. The molecule has 0 saturated heterocycles. The summed E-state index contributed by atoms with van der Waals surface area (Å²) in [7, 11) is 0. The SMILES string of the molecule is CC(=O)c1cc(F)c(C)cc1Sc1n[nH]c(=O)n1C(C)C. The Labute approximate surface area is 125 Å². The predicted molar refractivity (Wildman–Crippen MR) is 78.5 cm³/mol. The molecule has 1 aromatic heterocycles. The molecule has 0 unspecified atom stereocenters. The molecule has 2 rings (SSSR count). The van der Waals surface area contributed by atoms with Crippen molar-refractivity contribution in [3.8, 4) is 0 Å². The normalized spacial score (nSPS) is 11.1. The smallest absolute Gasteiger partial charge is 0.294 e. The Bertz CT molecular complexity index is 749. The van der Waals surface area contributed by atoms with Gasteiger partial charge in [-0.15, -0.1) is 5.10 Å². The number of carbonyl (C=O) groups excluding carboxylic acids is 1. The van der Waals surface area contributed by atoms with Crippen LogP contribution in [-0.4, -0.2) is 20.5 Å². The second-order valence-corrected chi connectivity index (χ2v) is 6.04. The quantitative estimate of drug-likeness (QED) is 0.882. The Morgan fingerprint density at radius 3 is 2.67 bits per heavy atom. The van der Waals surface area contributed by atoms with E-state index in [1.54, 1.807) is 13.0 Å². The molecule has 0 aliphatic heterocycles. The maximum absolute atomic E-state index is 13.6. The van der Waals surface area contributed by atoms with Gasteiger partial charge in [0.05, 0.1) is 0 Å². The topological polar surface area (TPSA) is 67.8 Å². The van der Waals surface area contributed by atoms with Crippen LogP contribution in [0.2, 0.25) is 0 Å². The molecule has 1 aromatic carbocycles. The minimum Gasteiger partial charge on any atom is -0.294 e. The van der Waals surface area contributed by atoms with Gasteiger partial charge in [-0.3, -0.25) is 9.36 Å². The van der Waals surface area contributed by atoms with Crippen LogP contribution in [0.25, 0.3) is 0 Å². The fourth-order valence-corrected chi connectivity index (χ4v) is 3.16. The largest absolute Gasteiger partial charge is 0.344 e. The van der Waals surface area contributed by atoms with Gasteiger partial charge in [-0.25, -0.2) is 14.3 Å². The Morgan fingerprint density at radius 2 is 2.10 bits per heavy atom. The molecule has 0 saturated carbocycles. The summed E-state index contributed by atoms with van der Waals surface area (Å²) in [5.41, 5.74) is 0.418. The van der Waals surface area contributed by atoms with E-state index < -0.39 is 5.82 Å². The highest BCUT2D eigenvalue weighted by Crippen LogP contribution is 2.31. The van der Waals surface area contributed by atoms with Gasteiger partial charge in [-0.1, -0.05) is 0 Å². The average molecular weight is 309 g/mol. The van der Waals surface area contributed by atoms with Crippen LogP contribution in [0, 0.1) is 12.7 Å². The molecule has 112 valence electrons. The summed E-state index contributed by atoms with van der Waals surface area (Å²) in [6.45, 7) is 6.74. The van der Waals surface area contributed by atoms with E-state index in [0.717, 1.165) is 0 Å². The molecular formula is C14H16FN3O2S. The first-order valence-electron chi connectivity index (χ1n) is 6.47. The second kappa shape index (κ2) is 5.85. The van der Waals surface area contributed by atoms with E-state index in [2.05, 4.69) is 10.2 Å². The zero-order chi connectivity index (χ0) is 15.7. The summed E-state index contributed by atoms with van der Waals surface area (Å²) in [4.78, 5) is 24.0. The van der Waals surface area contributed by atoms with Gasteiger partial charge in [0, 0.05) is 16.5 Å². The van der Waals surface area contributed by atoms with E-state index in [-0.39, 0.29) is 23.1 Å². The van der Waals surface area contributed by atoms with Crippen LogP contribution < -0.4 is 5.69 Å². The number of ketones is 1. The van der Waals surface area contributed by atoms with Crippen molar-refractivity contribution in [3.05, 3.63) is 39.6 Å². The molecule has 1 N–H and O–H groups in total. The van der Waals surface area contributed by atoms with Crippen LogP contribution in [-0.2, 0) is 0 Å². The monoisotopic (exact) mass is 309 g/mol. The molecule has 2 aromatic rings. The number of hydrogen-bond donors (Lipinski definition) is 1. The van der Waals surface area contributed by atoms with Gasteiger partial charge in [0.1, 0.15) is 5.82 Å². The first kappa shape index (κ1) is 15.5. The maximum atomic E-state index is 13.6. The number of benzene rings is 1. The highest BCUT2D eigenvalue weighted by atomic mass is 32.2. The molecule has 0 fully saturated rings. The van der Waals surface area contributed by atoms with Crippen molar-refractivity contribution in [2.75, 3.05) is 0 Å². The molecule has 7 heteroatoms. The number of carbonyl (C=O) groups is 1. The van der Waals surface area contributed by atoms with Gasteiger partial charge >= 0.3 is 5.69 Å². The Balaban J connectivity index is 2.52. The number of rotatable bonds is 4. The molecule has 0 spiro atoms. The summed E-state index contributed by atoms with van der Waals surface area (Å²) < 4.78 is 15.1. The molecule has 0 bridgehead atoms. The third kappa shape index (κ3) is 3.07. The number of Topliss-reactive ketones (excluding diaryl/α,β-unsaturated/α-hetero) is 1. The van der Waals surface area contributed by atoms with E-state index in [9.17, 15) is 14.0 Å². The Morgan fingerprint density at radius 1 is 1.43 bits per heavy atom. The average Bonchev–Trinajstić information content (AvgIpc) is 2.74. The van der Waals surface area contributed by atoms with E-state index >= 15 is 0 Å². The van der Waals surface area contributed by atoms with Crippen molar-refractivity contribution >= 4 is 17.5 Å². The summed E-state index contributed by atoms with van der Waals surface area (Å²) >= 11 is 1.17. The first-order valence-corrected chi connectivity index (χ1v) is 7.28. The van der Waals surface area contributed by atoms with Crippen LogP contribution in [0.15, 0.2) is 27.0 Å². The Kier molecular flexibility index (Phi) is 4.32. The molecule has 0 atom stereocenters. The third-order valence-electron chi connectivity index (χ3n) is 3.03. The van der Waals surface area contributed by atoms with Crippen molar-refractivity contribution in [1.82, 2.24) is 14.8 Å². The lowest BCUT2D eigenvalue weighted by molar-refractivity contribution is 0.101. The van der Waals surface area contributed by atoms with Crippen molar-refractivity contribution < 1.29 is 9.18 Å². The highest BCUT2D eigenvalue weighted by Gasteiger charge is 2.17. The minimum atomic E-state index is -0.423. The fraction of sp³-hybridized carbons (Fsp3) is 0.357. The van der Waals surface area contributed by atoms with Gasteiger partial charge in [0.25, 0.3) is 0 Å². The van der Waals surface area contributed by atoms with E-state index in [0.29, 0.717) is 15.6 Å². The lowest BCUT2D eigenvalue weighted by atomic mass is 10.1. The summed E-state index contributed by atoms with van der Waals surface area (Å²) in [6.07, 6.45) is 0. The number of aromatic nitrogens is 3. The first-order chi connectivity index (χ1) is 9.81. The molecule has 0 aliphatic carbocycles. The van der Waals surface area contributed by atoms with Gasteiger partial charge < -0.3 is 0 Å². The van der Waals surface area contributed by atoms with Crippen molar-refractivity contribution in [3.63, 3.8) is 0 Å². The van der Waals surface area contributed by atoms with Gasteiger partial charge in [-0.05, 0) is 57.2 Å². The number of aromatic amines is 1. The summed E-state index contributed by atoms with van der Waals surface area (Å²) in [6, 6.07) is 2.76. The zero-order valence-corrected chi connectivity index (χ0v) is 13.0. The molecule has 0 radical (unpaired) electrons. The standard InChI is InChI=1S/C14H16FN3O2S/c1-7(2)18-13(20)16-17-14(18)21-12-5-8(3)11(15)6-10(12)9(4)19/h5-7H,1-4H3,(H,16,20). The lowest BCUT2D eigenvalue weighted by Crippen LogP contribution is -2.19. The van der Waals surface area contributed by atoms with E-state index in [1.165, 1.54) is 29.3 Å². The second-order valence-electron chi connectivity index (χ2n) is 5.03. The highest BCUT2D eigenvalue weighted by molar-refractivity contribution is 7.99. The predicted octanol–water partition coefficient (Wildman–Crippen LogP) is 2.95. The van der Waals surface area contributed by atoms with Gasteiger partial charge in [0.15, 0.2) is 10.9 Å². The number of halogens is 1. The zero-order valence-electron chi connectivity index (χ0n) is 12.2. The molecular weight excluding hydrogens is 293 g/mol. The molecule has 21 heavy (non-hydrogen) atoms. The van der Waals surface area contributed by atoms with Crippen LogP contribution in [0.4, 0.5) is 4.39 Å². The Hall–Kier alpha value is -1.89. The minimum absolute atomic E-state index is 0.0685. The number of hydrogen-bond acceptors (Lipinski definition) is 4. The number of aryl methyl sites for hydroxylation is 1. The van der Waals surface area contributed by atoms with Gasteiger partial charge in [0.2, 0.25) is 0 Å². The number of nitrogens with one attached hydrogen (secondary N) is 1. The van der Waals surface area contributed by atoms with Crippen molar-refractivity contribution in [2.24, 2.45) is 0 Å². The van der Waals surface area contributed by atoms with Crippen molar-refractivity contribution in [2.45, 2.75) is 43.8 Å². The number of H-pyrrole nitrogens is 1. The summed E-state index contributed by atoms with van der Waals surface area (Å²) in [5.74, 6) is -0.654. The van der Waals surface area contributed by atoms with Crippen LogP contribution in [0.5, 0.6) is 0 Å². The molecule has 0 aliphatic rings. The molecule has 5 nitrogen and oxygen atoms in total. The van der Waals surface area contributed by atoms with Crippen molar-refractivity contribution in [1.29, 1.82) is 0 Å². The van der Waals surface area contributed by atoms with E-state index in [1.807, 2.05) is 13.8 Å². The maximum Gasteiger partial charge on any atom is 0.344 e. The fourth-order valence-electron chi connectivity index (χ4n) is 1.93.